The standard InChI is InChI=1S/C16H22N2O4/c1-21-14-5-10-3-4-18(9-11(10)6-15(14)22-2)16(20)13-7-12(19)8-17-13/h5-6,12-13,17,19H,3-4,7-9H2,1-2H3. The van der Waals surface area contributed by atoms with E-state index in [0.29, 0.717) is 31.8 Å². The Morgan fingerprint density at radius 1 is 1.27 bits per heavy atom. The largest absolute Gasteiger partial charge is 0.493 e. The predicted molar refractivity (Wildman–Crippen MR) is 81.1 cm³/mol. The van der Waals surface area contributed by atoms with Crippen LogP contribution in [-0.4, -0.2) is 55.4 Å². The smallest absolute Gasteiger partial charge is 0.240 e. The fraction of sp³-hybridized carbons (Fsp3) is 0.562. The number of ether oxygens (including phenoxy) is 2. The van der Waals surface area contributed by atoms with Gasteiger partial charge in [0.05, 0.1) is 26.4 Å². The summed E-state index contributed by atoms with van der Waals surface area (Å²) in [7, 11) is 3.24. The van der Waals surface area contributed by atoms with Gasteiger partial charge in [0, 0.05) is 19.6 Å². The molecule has 2 heterocycles. The van der Waals surface area contributed by atoms with Gasteiger partial charge in [-0.1, -0.05) is 0 Å². The number of amides is 1. The number of carbonyl (C=O) groups excluding carboxylic acids is 1. The van der Waals surface area contributed by atoms with Crippen molar-refractivity contribution in [2.75, 3.05) is 27.3 Å². The number of hydrogen-bond acceptors (Lipinski definition) is 5. The van der Waals surface area contributed by atoms with Gasteiger partial charge in [0.1, 0.15) is 0 Å². The summed E-state index contributed by atoms with van der Waals surface area (Å²) in [6.07, 6.45) is 0.876. The lowest BCUT2D eigenvalue weighted by molar-refractivity contribution is -0.134. The van der Waals surface area contributed by atoms with Gasteiger partial charge in [-0.2, -0.15) is 0 Å². The average molecular weight is 306 g/mol. The van der Waals surface area contributed by atoms with Crippen LogP contribution < -0.4 is 14.8 Å². The van der Waals surface area contributed by atoms with Gasteiger partial charge < -0.3 is 24.8 Å². The number of methoxy groups -OCH3 is 2. The van der Waals surface area contributed by atoms with Crippen LogP contribution in [-0.2, 0) is 17.8 Å². The van der Waals surface area contributed by atoms with E-state index in [0.717, 1.165) is 17.7 Å². The first-order chi connectivity index (χ1) is 10.6. The van der Waals surface area contributed by atoms with Crippen LogP contribution in [0, 0.1) is 0 Å². The first kappa shape index (κ1) is 15.1. The number of hydrogen-bond donors (Lipinski definition) is 2. The van der Waals surface area contributed by atoms with Crippen LogP contribution in [0.1, 0.15) is 17.5 Å². The maximum absolute atomic E-state index is 12.5. The minimum absolute atomic E-state index is 0.0667. The molecule has 2 atom stereocenters. The maximum atomic E-state index is 12.5. The van der Waals surface area contributed by atoms with Crippen molar-refractivity contribution in [1.82, 2.24) is 10.2 Å². The van der Waals surface area contributed by atoms with Crippen molar-refractivity contribution in [3.8, 4) is 11.5 Å². The Bertz CT molecular complexity index is 576. The van der Waals surface area contributed by atoms with E-state index in [-0.39, 0.29) is 11.9 Å². The fourth-order valence-corrected chi connectivity index (χ4v) is 3.20. The molecule has 0 aliphatic carbocycles. The highest BCUT2D eigenvalue weighted by molar-refractivity contribution is 5.82. The van der Waals surface area contributed by atoms with Crippen LogP contribution in [0.2, 0.25) is 0 Å². The molecule has 2 N–H and O–H groups in total. The van der Waals surface area contributed by atoms with Crippen molar-refractivity contribution < 1.29 is 19.4 Å². The summed E-state index contributed by atoms with van der Waals surface area (Å²) in [5.41, 5.74) is 2.29. The number of benzene rings is 1. The first-order valence-electron chi connectivity index (χ1n) is 7.56. The topological polar surface area (TPSA) is 71.0 Å². The molecule has 1 saturated heterocycles. The molecule has 1 fully saturated rings. The molecule has 120 valence electrons. The Labute approximate surface area is 130 Å². The number of aliphatic hydroxyl groups excluding tert-OH is 1. The van der Waals surface area contributed by atoms with E-state index < -0.39 is 6.10 Å². The lowest BCUT2D eigenvalue weighted by atomic mass is 9.98. The maximum Gasteiger partial charge on any atom is 0.240 e. The van der Waals surface area contributed by atoms with Gasteiger partial charge in [-0.3, -0.25) is 4.79 Å². The van der Waals surface area contributed by atoms with E-state index in [4.69, 9.17) is 9.47 Å². The van der Waals surface area contributed by atoms with Gasteiger partial charge in [0.25, 0.3) is 0 Å². The third kappa shape index (κ3) is 2.76. The molecule has 1 aromatic rings. The molecule has 2 aliphatic rings. The summed E-state index contributed by atoms with van der Waals surface area (Å²) in [5.74, 6) is 1.48. The summed E-state index contributed by atoms with van der Waals surface area (Å²) in [4.78, 5) is 14.4. The van der Waals surface area contributed by atoms with E-state index in [1.807, 2.05) is 17.0 Å². The number of nitrogens with zero attached hydrogens (tertiary/aromatic N) is 1. The van der Waals surface area contributed by atoms with E-state index in [2.05, 4.69) is 5.32 Å². The Kier molecular flexibility index (Phi) is 4.22. The SMILES string of the molecule is COc1cc2c(cc1OC)CN(C(=O)C1CC(O)CN1)CC2. The summed E-state index contributed by atoms with van der Waals surface area (Å²) in [6.45, 7) is 1.75. The second kappa shape index (κ2) is 6.14. The van der Waals surface area contributed by atoms with Crippen molar-refractivity contribution in [3.05, 3.63) is 23.3 Å². The molecular weight excluding hydrogens is 284 g/mol. The Balaban J connectivity index is 1.77. The zero-order valence-corrected chi connectivity index (χ0v) is 13.0. The second-order valence-electron chi connectivity index (χ2n) is 5.84. The minimum Gasteiger partial charge on any atom is -0.493 e. The first-order valence-corrected chi connectivity index (χ1v) is 7.56. The third-order valence-electron chi connectivity index (χ3n) is 4.44. The molecule has 1 amide bonds. The predicted octanol–water partition coefficient (Wildman–Crippen LogP) is 0.311. The molecular formula is C16H22N2O4. The monoisotopic (exact) mass is 306 g/mol. The molecule has 3 rings (SSSR count). The zero-order valence-electron chi connectivity index (χ0n) is 13.0. The van der Waals surface area contributed by atoms with Gasteiger partial charge >= 0.3 is 0 Å². The fourth-order valence-electron chi connectivity index (χ4n) is 3.20. The lowest BCUT2D eigenvalue weighted by Gasteiger charge is -2.31. The Hall–Kier alpha value is -1.79. The van der Waals surface area contributed by atoms with Crippen LogP contribution in [0.4, 0.5) is 0 Å². The molecule has 22 heavy (non-hydrogen) atoms. The van der Waals surface area contributed by atoms with Gasteiger partial charge in [0.2, 0.25) is 5.91 Å². The van der Waals surface area contributed by atoms with Crippen molar-refractivity contribution in [3.63, 3.8) is 0 Å². The quantitative estimate of drug-likeness (QED) is 0.841. The summed E-state index contributed by atoms with van der Waals surface area (Å²) in [5, 5.41) is 12.6. The van der Waals surface area contributed by atoms with Gasteiger partial charge in [0.15, 0.2) is 11.5 Å². The van der Waals surface area contributed by atoms with Crippen molar-refractivity contribution in [2.45, 2.75) is 31.5 Å². The normalized spacial score (nSPS) is 24.0. The van der Waals surface area contributed by atoms with E-state index in [1.165, 1.54) is 5.56 Å². The Morgan fingerprint density at radius 3 is 2.55 bits per heavy atom. The van der Waals surface area contributed by atoms with E-state index in [1.54, 1.807) is 14.2 Å². The van der Waals surface area contributed by atoms with Gasteiger partial charge in [-0.15, -0.1) is 0 Å². The molecule has 0 aromatic heterocycles. The molecule has 0 spiro atoms. The van der Waals surface area contributed by atoms with Crippen molar-refractivity contribution >= 4 is 5.91 Å². The Morgan fingerprint density at radius 2 is 1.95 bits per heavy atom. The van der Waals surface area contributed by atoms with Crippen molar-refractivity contribution in [1.29, 1.82) is 0 Å². The lowest BCUT2D eigenvalue weighted by Crippen LogP contribution is -2.45. The highest BCUT2D eigenvalue weighted by Gasteiger charge is 2.33. The highest BCUT2D eigenvalue weighted by atomic mass is 16.5. The zero-order chi connectivity index (χ0) is 15.7. The molecule has 0 bridgehead atoms. The van der Waals surface area contributed by atoms with Crippen LogP contribution in [0.25, 0.3) is 0 Å². The van der Waals surface area contributed by atoms with Crippen LogP contribution in [0.5, 0.6) is 11.5 Å². The molecule has 2 aliphatic heterocycles. The minimum atomic E-state index is -0.421. The molecule has 0 radical (unpaired) electrons. The highest BCUT2D eigenvalue weighted by Crippen LogP contribution is 2.33. The number of aliphatic hydroxyl groups is 1. The summed E-state index contributed by atoms with van der Waals surface area (Å²) in [6, 6.07) is 3.68. The molecule has 6 heteroatoms. The van der Waals surface area contributed by atoms with Crippen LogP contribution in [0.15, 0.2) is 12.1 Å². The molecule has 1 aromatic carbocycles. The third-order valence-corrected chi connectivity index (χ3v) is 4.44. The van der Waals surface area contributed by atoms with Crippen LogP contribution >= 0.6 is 0 Å². The summed E-state index contributed by atoms with van der Waals surface area (Å²) >= 11 is 0. The van der Waals surface area contributed by atoms with E-state index in [9.17, 15) is 9.90 Å². The molecule has 2 unspecified atom stereocenters. The number of rotatable bonds is 3. The number of β-amino-alcohol motifs (C(OH)–C–C–N with tert-alkyl or cyclic N) is 1. The second-order valence-corrected chi connectivity index (χ2v) is 5.84. The van der Waals surface area contributed by atoms with E-state index >= 15 is 0 Å². The number of fused-ring (bicyclic) bond motifs is 1. The van der Waals surface area contributed by atoms with Gasteiger partial charge in [-0.05, 0) is 36.1 Å². The summed E-state index contributed by atoms with van der Waals surface area (Å²) < 4.78 is 10.7. The molecule has 6 nitrogen and oxygen atoms in total. The van der Waals surface area contributed by atoms with Crippen LogP contribution in [0.3, 0.4) is 0 Å². The van der Waals surface area contributed by atoms with Gasteiger partial charge in [-0.25, -0.2) is 0 Å². The van der Waals surface area contributed by atoms with Crippen molar-refractivity contribution in [2.24, 2.45) is 0 Å². The number of nitrogens with one attached hydrogen (secondary N) is 1. The average Bonchev–Trinajstić information content (AvgIpc) is 2.98. The molecule has 0 saturated carbocycles. The number of carbonyl (C=O) groups is 1.